The van der Waals surface area contributed by atoms with Crippen LogP contribution in [0.25, 0.3) is 11.3 Å². The van der Waals surface area contributed by atoms with Crippen LogP contribution in [0.2, 0.25) is 0 Å². The van der Waals surface area contributed by atoms with Gasteiger partial charge in [-0.1, -0.05) is 0 Å². The molecule has 2 saturated heterocycles. The van der Waals surface area contributed by atoms with Crippen LogP contribution in [0.1, 0.15) is 18.9 Å². The highest BCUT2D eigenvalue weighted by atomic mass is 16.5. The van der Waals surface area contributed by atoms with Crippen LogP contribution in [-0.4, -0.2) is 82.7 Å². The van der Waals surface area contributed by atoms with E-state index in [9.17, 15) is 4.79 Å². The van der Waals surface area contributed by atoms with Crippen LogP contribution in [0.3, 0.4) is 0 Å². The molecule has 3 aliphatic heterocycles. The zero-order chi connectivity index (χ0) is 20.7. The SMILES string of the molecule is CC(=O)N1CCC(N2CCc3c(-c4cnc(N)nc4)nc(N4CCOCC4)nc32)C1. The third kappa shape index (κ3) is 3.41. The van der Waals surface area contributed by atoms with E-state index in [0.29, 0.717) is 19.2 Å². The number of morpholine rings is 1. The normalized spacial score (nSPS) is 21.2. The lowest BCUT2D eigenvalue weighted by molar-refractivity contribution is -0.127. The smallest absolute Gasteiger partial charge is 0.228 e. The van der Waals surface area contributed by atoms with E-state index in [4.69, 9.17) is 20.4 Å². The second kappa shape index (κ2) is 7.67. The molecule has 0 saturated carbocycles. The zero-order valence-electron chi connectivity index (χ0n) is 17.1. The molecule has 2 fully saturated rings. The summed E-state index contributed by atoms with van der Waals surface area (Å²) in [5, 5.41) is 0. The molecule has 0 radical (unpaired) electrons. The van der Waals surface area contributed by atoms with Crippen molar-refractivity contribution >= 4 is 23.6 Å². The van der Waals surface area contributed by atoms with Crippen LogP contribution < -0.4 is 15.5 Å². The van der Waals surface area contributed by atoms with Gasteiger partial charge in [0.1, 0.15) is 5.82 Å². The second-order valence-electron chi connectivity index (χ2n) is 7.95. The molecule has 1 amide bonds. The summed E-state index contributed by atoms with van der Waals surface area (Å²) in [5.74, 6) is 2.05. The number of fused-ring (bicyclic) bond motifs is 1. The minimum atomic E-state index is 0.133. The topological polar surface area (TPSA) is 114 Å². The van der Waals surface area contributed by atoms with E-state index >= 15 is 0 Å². The van der Waals surface area contributed by atoms with Crippen LogP contribution in [-0.2, 0) is 16.0 Å². The van der Waals surface area contributed by atoms with Crippen molar-refractivity contribution in [1.29, 1.82) is 0 Å². The molecule has 2 N–H and O–H groups in total. The Hall–Kier alpha value is -3.01. The maximum atomic E-state index is 11.8. The van der Waals surface area contributed by atoms with E-state index in [0.717, 1.165) is 68.2 Å². The van der Waals surface area contributed by atoms with Gasteiger partial charge in [-0.25, -0.2) is 15.0 Å². The van der Waals surface area contributed by atoms with Crippen molar-refractivity contribution in [3.05, 3.63) is 18.0 Å². The summed E-state index contributed by atoms with van der Waals surface area (Å²) in [6.45, 7) is 6.91. The molecule has 5 heterocycles. The minimum Gasteiger partial charge on any atom is -0.378 e. The molecule has 30 heavy (non-hydrogen) atoms. The van der Waals surface area contributed by atoms with Crippen molar-refractivity contribution in [2.75, 3.05) is 61.5 Å². The van der Waals surface area contributed by atoms with Gasteiger partial charge in [-0.3, -0.25) is 4.79 Å². The molecule has 0 spiro atoms. The van der Waals surface area contributed by atoms with Crippen LogP contribution >= 0.6 is 0 Å². The molecule has 0 aromatic carbocycles. The number of carbonyl (C=O) groups is 1. The highest BCUT2D eigenvalue weighted by Crippen LogP contribution is 2.37. The minimum absolute atomic E-state index is 0.133. The Morgan fingerprint density at radius 3 is 2.60 bits per heavy atom. The number of nitrogen functional groups attached to an aromatic ring is 1. The molecule has 0 bridgehead atoms. The first-order chi connectivity index (χ1) is 14.6. The fourth-order valence-corrected chi connectivity index (χ4v) is 4.51. The molecule has 10 heteroatoms. The van der Waals surface area contributed by atoms with Crippen molar-refractivity contribution < 1.29 is 9.53 Å². The molecule has 5 rings (SSSR count). The van der Waals surface area contributed by atoms with E-state index in [1.807, 2.05) is 4.90 Å². The van der Waals surface area contributed by atoms with Gasteiger partial charge < -0.3 is 25.2 Å². The van der Waals surface area contributed by atoms with Crippen LogP contribution in [0, 0.1) is 0 Å². The molecular weight excluding hydrogens is 384 g/mol. The highest BCUT2D eigenvalue weighted by molar-refractivity contribution is 5.75. The Bertz CT molecular complexity index is 945. The summed E-state index contributed by atoms with van der Waals surface area (Å²) in [4.78, 5) is 36.5. The van der Waals surface area contributed by atoms with Gasteiger partial charge in [-0.05, 0) is 12.8 Å². The van der Waals surface area contributed by atoms with Crippen molar-refractivity contribution in [2.45, 2.75) is 25.8 Å². The summed E-state index contributed by atoms with van der Waals surface area (Å²) < 4.78 is 5.50. The average Bonchev–Trinajstić information content (AvgIpc) is 3.41. The molecular formula is C20H26N8O2. The summed E-state index contributed by atoms with van der Waals surface area (Å²) in [6, 6.07) is 0.276. The van der Waals surface area contributed by atoms with E-state index in [1.54, 1.807) is 19.3 Å². The summed E-state index contributed by atoms with van der Waals surface area (Å²) >= 11 is 0. The summed E-state index contributed by atoms with van der Waals surface area (Å²) in [5.41, 5.74) is 8.51. The fourth-order valence-electron chi connectivity index (χ4n) is 4.51. The predicted molar refractivity (Wildman–Crippen MR) is 112 cm³/mol. The van der Waals surface area contributed by atoms with Gasteiger partial charge >= 0.3 is 0 Å². The number of amides is 1. The van der Waals surface area contributed by atoms with Crippen molar-refractivity contribution in [3.8, 4) is 11.3 Å². The molecule has 10 nitrogen and oxygen atoms in total. The number of nitrogens with zero attached hydrogens (tertiary/aromatic N) is 7. The van der Waals surface area contributed by atoms with E-state index in [-0.39, 0.29) is 17.9 Å². The Kier molecular flexibility index (Phi) is 4.86. The van der Waals surface area contributed by atoms with Gasteiger partial charge in [0, 0.05) is 69.2 Å². The number of rotatable bonds is 3. The molecule has 1 atom stereocenters. The monoisotopic (exact) mass is 410 g/mol. The number of likely N-dealkylation sites (tertiary alicyclic amines) is 1. The molecule has 1 unspecified atom stereocenters. The Balaban J connectivity index is 1.54. The molecule has 3 aliphatic rings. The summed E-state index contributed by atoms with van der Waals surface area (Å²) in [7, 11) is 0. The summed E-state index contributed by atoms with van der Waals surface area (Å²) in [6.07, 6.45) is 5.26. The van der Waals surface area contributed by atoms with Gasteiger partial charge in [-0.2, -0.15) is 4.98 Å². The third-order valence-electron chi connectivity index (χ3n) is 6.14. The molecule has 2 aromatic heterocycles. The van der Waals surface area contributed by atoms with Gasteiger partial charge in [0.2, 0.25) is 17.8 Å². The van der Waals surface area contributed by atoms with Gasteiger partial charge in [0.15, 0.2) is 0 Å². The first-order valence-electron chi connectivity index (χ1n) is 10.4. The standard InChI is InChI=1S/C20H26N8O2/c1-13(29)27-4-2-15(12-27)28-5-3-16-17(14-10-22-19(21)23-11-14)24-20(25-18(16)28)26-6-8-30-9-7-26/h10-11,15H,2-9,12H2,1H3,(H2,21,22,23). The average molecular weight is 410 g/mol. The van der Waals surface area contributed by atoms with Crippen LogP contribution in [0.15, 0.2) is 12.4 Å². The number of carbonyl (C=O) groups excluding carboxylic acids is 1. The maximum Gasteiger partial charge on any atom is 0.228 e. The lowest BCUT2D eigenvalue weighted by atomic mass is 10.1. The Morgan fingerprint density at radius 2 is 1.90 bits per heavy atom. The molecule has 2 aromatic rings. The highest BCUT2D eigenvalue weighted by Gasteiger charge is 2.36. The van der Waals surface area contributed by atoms with Crippen LogP contribution in [0.5, 0.6) is 0 Å². The first kappa shape index (κ1) is 19.0. The number of hydrogen-bond donors (Lipinski definition) is 1. The first-order valence-corrected chi connectivity index (χ1v) is 10.4. The lowest BCUT2D eigenvalue weighted by Crippen LogP contribution is -2.39. The second-order valence-corrected chi connectivity index (χ2v) is 7.95. The van der Waals surface area contributed by atoms with Crippen molar-refractivity contribution in [2.24, 2.45) is 0 Å². The van der Waals surface area contributed by atoms with Crippen molar-refractivity contribution in [3.63, 3.8) is 0 Å². The zero-order valence-corrected chi connectivity index (χ0v) is 17.1. The van der Waals surface area contributed by atoms with Gasteiger partial charge in [0.05, 0.1) is 18.9 Å². The van der Waals surface area contributed by atoms with Crippen molar-refractivity contribution in [1.82, 2.24) is 24.8 Å². The number of anilines is 3. The fraction of sp³-hybridized carbons (Fsp3) is 0.550. The van der Waals surface area contributed by atoms with E-state index < -0.39 is 0 Å². The number of aromatic nitrogens is 4. The van der Waals surface area contributed by atoms with Crippen LogP contribution in [0.4, 0.5) is 17.7 Å². The lowest BCUT2D eigenvalue weighted by Gasteiger charge is -2.30. The van der Waals surface area contributed by atoms with E-state index in [1.165, 1.54) is 0 Å². The third-order valence-corrected chi connectivity index (χ3v) is 6.14. The maximum absolute atomic E-state index is 11.8. The van der Waals surface area contributed by atoms with Gasteiger partial charge in [0.25, 0.3) is 0 Å². The Labute approximate surface area is 175 Å². The molecule has 0 aliphatic carbocycles. The quantitative estimate of drug-likeness (QED) is 0.765. The number of ether oxygens (including phenoxy) is 1. The largest absolute Gasteiger partial charge is 0.378 e. The van der Waals surface area contributed by atoms with E-state index in [2.05, 4.69) is 19.8 Å². The van der Waals surface area contributed by atoms with Gasteiger partial charge in [-0.15, -0.1) is 0 Å². The number of hydrogen-bond acceptors (Lipinski definition) is 9. The predicted octanol–water partition coefficient (Wildman–Crippen LogP) is 0.336. The molecule has 158 valence electrons. The Morgan fingerprint density at radius 1 is 1.13 bits per heavy atom. The number of nitrogens with two attached hydrogens (primary N) is 1.